The first-order chi connectivity index (χ1) is 15.3. The summed E-state index contributed by atoms with van der Waals surface area (Å²) in [7, 11) is -3.68. The number of sulfonamides is 1. The molecule has 2 aromatic rings. The maximum absolute atomic E-state index is 15.0. The Morgan fingerprint density at radius 3 is 2.36 bits per heavy atom. The van der Waals surface area contributed by atoms with E-state index in [0.29, 0.717) is 41.2 Å². The predicted molar refractivity (Wildman–Crippen MR) is 121 cm³/mol. The molecule has 1 aromatic heterocycles. The molecule has 2 N–H and O–H groups in total. The first-order valence-corrected chi connectivity index (χ1v) is 12.8. The molecule has 182 valence electrons. The minimum atomic E-state index is -3.68. The topological polar surface area (TPSA) is 82.8 Å². The fraction of sp³-hybridized carbons (Fsp3) is 0.583. The Morgan fingerprint density at radius 1 is 1.09 bits per heavy atom. The molecule has 0 atom stereocenters. The summed E-state index contributed by atoms with van der Waals surface area (Å²) in [5.74, 6) is -2.94. The Labute approximate surface area is 193 Å². The smallest absolute Gasteiger partial charge is 0.257 e. The molecule has 6 nitrogen and oxygen atoms in total. The van der Waals surface area contributed by atoms with Gasteiger partial charge in [0.1, 0.15) is 0 Å². The number of nitrogens with zero attached hydrogens (tertiary/aromatic N) is 2. The van der Waals surface area contributed by atoms with E-state index >= 15 is 8.78 Å². The lowest BCUT2D eigenvalue weighted by Gasteiger charge is -2.39. The summed E-state index contributed by atoms with van der Waals surface area (Å²) in [4.78, 5) is 0.206. The largest absolute Gasteiger partial charge is 0.367 e. The van der Waals surface area contributed by atoms with Crippen molar-refractivity contribution in [3.63, 3.8) is 0 Å². The molecule has 0 saturated carbocycles. The van der Waals surface area contributed by atoms with Crippen LogP contribution in [0.5, 0.6) is 0 Å². The van der Waals surface area contributed by atoms with Crippen molar-refractivity contribution >= 4 is 10.0 Å². The highest BCUT2D eigenvalue weighted by Crippen LogP contribution is 2.48. The van der Waals surface area contributed by atoms with E-state index < -0.39 is 34.1 Å². The van der Waals surface area contributed by atoms with Crippen LogP contribution in [0.4, 0.5) is 8.78 Å². The van der Waals surface area contributed by atoms with E-state index in [1.54, 1.807) is 35.8 Å². The van der Waals surface area contributed by atoms with Gasteiger partial charge in [0.15, 0.2) is 6.29 Å². The Balaban J connectivity index is 1.82. The van der Waals surface area contributed by atoms with E-state index in [1.165, 1.54) is 18.2 Å². The molecule has 0 spiro atoms. The van der Waals surface area contributed by atoms with E-state index in [1.807, 2.05) is 0 Å². The lowest BCUT2D eigenvalue weighted by atomic mass is 9.72. The quantitative estimate of drug-likeness (QED) is 0.620. The van der Waals surface area contributed by atoms with Gasteiger partial charge in [0.25, 0.3) is 5.92 Å². The number of hydrogen-bond acceptors (Lipinski definition) is 4. The second-order valence-electron chi connectivity index (χ2n) is 9.92. The number of aliphatic hydroxyl groups is 2. The number of hydrogen-bond donors (Lipinski definition) is 2. The van der Waals surface area contributed by atoms with Gasteiger partial charge in [-0.3, -0.25) is 0 Å². The summed E-state index contributed by atoms with van der Waals surface area (Å²) in [6.45, 7) is 5.67. The molecule has 1 saturated heterocycles. The van der Waals surface area contributed by atoms with Gasteiger partial charge < -0.3 is 14.8 Å². The minimum absolute atomic E-state index is 0.0939. The predicted octanol–water partition coefficient (Wildman–Crippen LogP) is 3.24. The highest BCUT2D eigenvalue weighted by Gasteiger charge is 2.52. The average molecular weight is 483 g/mol. The summed E-state index contributed by atoms with van der Waals surface area (Å²) < 4.78 is 59.9. The van der Waals surface area contributed by atoms with Gasteiger partial charge in [0, 0.05) is 42.7 Å². The normalized spacial score (nSPS) is 20.4. The third-order valence-corrected chi connectivity index (χ3v) is 9.25. The standard InChI is InChI=1S/C24H32F2N2O4S/c1-16-18(12-17-8-4-5-9-21(17)33(31,32)27-10-6-7-11-27)19-13-24(25,26)23(2,3)14-20(19)28(16)15-22(29)30/h4-5,8-9,22,29-30H,6-7,10-15H2,1-3H3. The SMILES string of the molecule is Cc1c(Cc2ccccc2S(=O)(=O)N2CCCC2)c2c(n1CC(O)O)CC(C)(C)C(F)(F)C2. The number of aliphatic hydroxyl groups excluding tert-OH is 1. The zero-order valence-electron chi connectivity index (χ0n) is 19.3. The van der Waals surface area contributed by atoms with Gasteiger partial charge >= 0.3 is 0 Å². The molecular weight excluding hydrogens is 450 g/mol. The van der Waals surface area contributed by atoms with Gasteiger partial charge in [0.2, 0.25) is 10.0 Å². The molecule has 1 aliphatic heterocycles. The zero-order valence-corrected chi connectivity index (χ0v) is 20.1. The van der Waals surface area contributed by atoms with E-state index in [4.69, 9.17) is 0 Å². The summed E-state index contributed by atoms with van der Waals surface area (Å²) in [6.07, 6.45) is -0.155. The Bertz CT molecular complexity index is 1150. The van der Waals surface area contributed by atoms with Crippen LogP contribution in [-0.2, 0) is 35.8 Å². The third kappa shape index (κ3) is 4.24. The highest BCUT2D eigenvalue weighted by atomic mass is 32.2. The van der Waals surface area contributed by atoms with Crippen LogP contribution in [0.3, 0.4) is 0 Å². The van der Waals surface area contributed by atoms with Crippen molar-refractivity contribution in [2.75, 3.05) is 13.1 Å². The molecule has 1 fully saturated rings. The molecule has 0 bridgehead atoms. The molecule has 4 rings (SSSR count). The molecule has 2 aliphatic rings. The number of rotatable bonds is 6. The first-order valence-electron chi connectivity index (χ1n) is 11.4. The second kappa shape index (κ2) is 8.45. The third-order valence-electron chi connectivity index (χ3n) is 7.25. The summed E-state index contributed by atoms with van der Waals surface area (Å²) in [5.41, 5.74) is 1.75. The molecule has 2 heterocycles. The van der Waals surface area contributed by atoms with Crippen molar-refractivity contribution in [3.05, 3.63) is 52.3 Å². The molecule has 1 aromatic carbocycles. The van der Waals surface area contributed by atoms with E-state index in [0.717, 1.165) is 12.8 Å². The Hall–Kier alpha value is -1.81. The van der Waals surface area contributed by atoms with E-state index in [-0.39, 0.29) is 24.3 Å². The fourth-order valence-corrected chi connectivity index (χ4v) is 6.88. The molecule has 33 heavy (non-hydrogen) atoms. The Kier molecular flexibility index (Phi) is 6.22. The molecule has 9 heteroatoms. The van der Waals surface area contributed by atoms with Crippen molar-refractivity contribution < 1.29 is 27.4 Å². The summed E-state index contributed by atoms with van der Waals surface area (Å²) in [6, 6.07) is 6.75. The monoisotopic (exact) mass is 482 g/mol. The molecular formula is C24H32F2N2O4S. The molecule has 1 aliphatic carbocycles. The molecule has 0 unspecified atom stereocenters. The lowest BCUT2D eigenvalue weighted by Crippen LogP contribution is -2.44. The van der Waals surface area contributed by atoms with Crippen LogP contribution in [0.25, 0.3) is 0 Å². The number of aromatic nitrogens is 1. The average Bonchev–Trinajstić information content (AvgIpc) is 3.33. The van der Waals surface area contributed by atoms with Crippen LogP contribution in [0.15, 0.2) is 29.2 Å². The number of benzene rings is 1. The fourth-order valence-electron chi connectivity index (χ4n) is 5.15. The van der Waals surface area contributed by atoms with Crippen molar-refractivity contribution in [1.82, 2.24) is 8.87 Å². The van der Waals surface area contributed by atoms with Crippen LogP contribution >= 0.6 is 0 Å². The highest BCUT2D eigenvalue weighted by molar-refractivity contribution is 7.89. The maximum Gasteiger partial charge on any atom is 0.257 e. The zero-order chi connectivity index (χ0) is 24.2. The summed E-state index contributed by atoms with van der Waals surface area (Å²) in [5, 5.41) is 19.3. The van der Waals surface area contributed by atoms with Crippen LogP contribution in [0, 0.1) is 12.3 Å². The van der Waals surface area contributed by atoms with Crippen LogP contribution < -0.4 is 0 Å². The van der Waals surface area contributed by atoms with E-state index in [2.05, 4.69) is 0 Å². The van der Waals surface area contributed by atoms with Crippen LogP contribution in [0.2, 0.25) is 0 Å². The second-order valence-corrected chi connectivity index (χ2v) is 11.8. The van der Waals surface area contributed by atoms with Crippen molar-refractivity contribution in [2.45, 2.75) is 76.5 Å². The van der Waals surface area contributed by atoms with Crippen molar-refractivity contribution in [3.8, 4) is 0 Å². The van der Waals surface area contributed by atoms with E-state index in [9.17, 15) is 18.6 Å². The van der Waals surface area contributed by atoms with Crippen molar-refractivity contribution in [1.29, 1.82) is 0 Å². The van der Waals surface area contributed by atoms with Gasteiger partial charge in [-0.05, 0) is 48.9 Å². The van der Waals surface area contributed by atoms with Gasteiger partial charge in [-0.25, -0.2) is 17.2 Å². The lowest BCUT2D eigenvalue weighted by molar-refractivity contribution is -0.112. The number of halogens is 2. The van der Waals surface area contributed by atoms with Crippen LogP contribution in [-0.4, -0.2) is 52.8 Å². The van der Waals surface area contributed by atoms with Gasteiger partial charge in [-0.2, -0.15) is 4.31 Å². The summed E-state index contributed by atoms with van der Waals surface area (Å²) >= 11 is 0. The maximum atomic E-state index is 15.0. The number of alkyl halides is 2. The minimum Gasteiger partial charge on any atom is -0.367 e. The molecule has 0 radical (unpaired) electrons. The van der Waals surface area contributed by atoms with Crippen molar-refractivity contribution in [2.24, 2.45) is 5.41 Å². The number of fused-ring (bicyclic) bond motifs is 1. The first kappa shape index (κ1) is 24.3. The molecule has 0 amide bonds. The van der Waals surface area contributed by atoms with Gasteiger partial charge in [-0.15, -0.1) is 0 Å². The van der Waals surface area contributed by atoms with Gasteiger partial charge in [0.05, 0.1) is 11.4 Å². The van der Waals surface area contributed by atoms with Crippen LogP contribution in [0.1, 0.15) is 54.8 Å². The van der Waals surface area contributed by atoms with Gasteiger partial charge in [-0.1, -0.05) is 32.0 Å². The Morgan fingerprint density at radius 2 is 1.73 bits per heavy atom.